The average Bonchev–Trinajstić information content (AvgIpc) is 3.25. The van der Waals surface area contributed by atoms with Crippen molar-refractivity contribution in [3.05, 3.63) is 102 Å². The van der Waals surface area contributed by atoms with Crippen molar-refractivity contribution in [2.75, 3.05) is 19.1 Å². The van der Waals surface area contributed by atoms with Gasteiger partial charge in [0.15, 0.2) is 5.69 Å². The fourth-order valence-corrected chi connectivity index (χ4v) is 4.07. The Morgan fingerprint density at radius 2 is 1.59 bits per heavy atom. The Labute approximate surface area is 186 Å². The first-order valence-corrected chi connectivity index (χ1v) is 10.6. The van der Waals surface area contributed by atoms with Gasteiger partial charge in [-0.25, -0.2) is 14.5 Å². The Kier molecular flexibility index (Phi) is 5.34. The number of hydrogen-bond acceptors (Lipinski definition) is 5. The Morgan fingerprint density at radius 3 is 2.28 bits per heavy atom. The second-order valence-corrected chi connectivity index (χ2v) is 7.59. The van der Waals surface area contributed by atoms with Gasteiger partial charge in [0.2, 0.25) is 0 Å². The van der Waals surface area contributed by atoms with E-state index in [1.165, 1.54) is 12.7 Å². The summed E-state index contributed by atoms with van der Waals surface area (Å²) in [6, 6.07) is 27.4. The lowest BCUT2D eigenvalue weighted by Gasteiger charge is -2.25. The summed E-state index contributed by atoms with van der Waals surface area (Å²) in [6.45, 7) is 0.732. The molecule has 3 aromatic carbocycles. The van der Waals surface area contributed by atoms with E-state index in [4.69, 9.17) is 14.5 Å². The van der Waals surface area contributed by atoms with Crippen molar-refractivity contribution in [1.29, 1.82) is 0 Å². The summed E-state index contributed by atoms with van der Waals surface area (Å²) in [5, 5.41) is 0. The number of aromatic nitrogens is 2. The number of esters is 1. The minimum Gasteiger partial charge on any atom is -0.464 e. The van der Waals surface area contributed by atoms with Crippen molar-refractivity contribution >= 4 is 5.97 Å². The summed E-state index contributed by atoms with van der Waals surface area (Å²) >= 11 is 0. The summed E-state index contributed by atoms with van der Waals surface area (Å²) < 4.78 is 12.8. The van der Waals surface area contributed by atoms with Gasteiger partial charge in [-0.05, 0) is 48.4 Å². The molecular weight excluding hydrogens is 402 g/mol. The van der Waals surface area contributed by atoms with Crippen molar-refractivity contribution in [2.24, 2.45) is 0 Å². The Bertz CT molecular complexity index is 1220. The molecule has 0 amide bonds. The third-order valence-corrected chi connectivity index (χ3v) is 5.61. The van der Waals surface area contributed by atoms with Crippen LogP contribution in [0.4, 0.5) is 0 Å². The number of imidazole rings is 1. The normalized spacial score (nSPS) is 14.8. The highest BCUT2D eigenvalue weighted by Crippen LogP contribution is 2.35. The van der Waals surface area contributed by atoms with Gasteiger partial charge in [0.25, 0.3) is 0 Å². The van der Waals surface area contributed by atoms with Crippen LogP contribution < -0.4 is 10.2 Å². The summed E-state index contributed by atoms with van der Waals surface area (Å²) in [4.78, 5) is 17.7. The molecule has 1 aliphatic rings. The molecule has 0 bridgehead atoms. The van der Waals surface area contributed by atoms with Crippen LogP contribution in [0.5, 0.6) is 11.5 Å². The summed E-state index contributed by atoms with van der Waals surface area (Å²) in [5.74, 6) is 1.95. The Morgan fingerprint density at radius 1 is 0.938 bits per heavy atom. The molecule has 1 aliphatic heterocycles. The molecule has 0 saturated carbocycles. The fraction of sp³-hybridized carbons (Fsp3) is 0.154. The fourth-order valence-electron chi connectivity index (χ4n) is 4.07. The number of nitrogens with zero attached hydrogens (tertiary/aromatic N) is 2. The van der Waals surface area contributed by atoms with Crippen molar-refractivity contribution < 1.29 is 14.3 Å². The number of rotatable bonds is 5. The maximum absolute atomic E-state index is 12.7. The summed E-state index contributed by atoms with van der Waals surface area (Å²) in [7, 11) is 1.39. The number of hydrogen-bond donors (Lipinski definition) is 1. The number of ether oxygens (including phenoxy) is 2. The molecule has 32 heavy (non-hydrogen) atoms. The van der Waals surface area contributed by atoms with E-state index in [2.05, 4.69) is 17.6 Å². The molecule has 2 heterocycles. The molecule has 0 fully saturated rings. The molecule has 6 heteroatoms. The molecule has 160 valence electrons. The minimum atomic E-state index is -0.426. The van der Waals surface area contributed by atoms with E-state index in [0.29, 0.717) is 17.1 Å². The molecule has 0 saturated heterocycles. The third-order valence-electron chi connectivity index (χ3n) is 5.61. The molecule has 1 unspecified atom stereocenters. The highest BCUT2D eigenvalue weighted by atomic mass is 16.5. The van der Waals surface area contributed by atoms with Crippen LogP contribution in [0.3, 0.4) is 0 Å². The number of carbonyl (C=O) groups excluding carboxylic acids is 1. The van der Waals surface area contributed by atoms with Crippen LogP contribution in [-0.2, 0) is 4.74 Å². The van der Waals surface area contributed by atoms with Crippen molar-refractivity contribution in [2.45, 2.75) is 12.3 Å². The number of benzene rings is 3. The van der Waals surface area contributed by atoms with Crippen LogP contribution >= 0.6 is 0 Å². The van der Waals surface area contributed by atoms with Crippen molar-refractivity contribution in [1.82, 2.24) is 9.66 Å². The average molecular weight is 425 g/mol. The zero-order chi connectivity index (χ0) is 21.9. The predicted molar refractivity (Wildman–Crippen MR) is 123 cm³/mol. The summed E-state index contributed by atoms with van der Waals surface area (Å²) in [6.07, 6.45) is 0.894. The van der Waals surface area contributed by atoms with Crippen molar-refractivity contribution in [3.8, 4) is 22.8 Å². The van der Waals surface area contributed by atoms with Crippen LogP contribution in [0, 0.1) is 0 Å². The van der Waals surface area contributed by atoms with Gasteiger partial charge in [-0.3, -0.25) is 0 Å². The second-order valence-electron chi connectivity index (χ2n) is 7.59. The largest absolute Gasteiger partial charge is 0.464 e. The quantitative estimate of drug-likeness (QED) is 0.445. The number of fused-ring (bicyclic) bond motifs is 1. The van der Waals surface area contributed by atoms with Crippen LogP contribution in [0.15, 0.2) is 84.9 Å². The molecule has 4 aromatic rings. The molecule has 6 nitrogen and oxygen atoms in total. The first kappa shape index (κ1) is 19.9. The van der Waals surface area contributed by atoms with E-state index in [-0.39, 0.29) is 5.92 Å². The van der Waals surface area contributed by atoms with Gasteiger partial charge >= 0.3 is 5.97 Å². The van der Waals surface area contributed by atoms with Gasteiger partial charge < -0.3 is 14.9 Å². The number of nitrogens with one attached hydrogen (secondary N) is 1. The molecular formula is C26H23N3O3. The Hall–Kier alpha value is -4.06. The van der Waals surface area contributed by atoms with E-state index in [1.54, 1.807) is 4.68 Å². The highest BCUT2D eigenvalue weighted by Gasteiger charge is 2.32. The van der Waals surface area contributed by atoms with E-state index < -0.39 is 5.97 Å². The lowest BCUT2D eigenvalue weighted by Crippen LogP contribution is -2.31. The van der Waals surface area contributed by atoms with E-state index in [1.807, 2.05) is 72.8 Å². The minimum absolute atomic E-state index is 0.0929. The second kappa shape index (κ2) is 8.59. The van der Waals surface area contributed by atoms with Crippen LogP contribution in [0.1, 0.15) is 34.2 Å². The predicted octanol–water partition coefficient (Wildman–Crippen LogP) is 5.21. The van der Waals surface area contributed by atoms with E-state index in [0.717, 1.165) is 30.1 Å². The molecule has 1 aromatic heterocycles. The van der Waals surface area contributed by atoms with Gasteiger partial charge in [0.1, 0.15) is 23.0 Å². The monoisotopic (exact) mass is 425 g/mol. The molecule has 0 radical (unpaired) electrons. The van der Waals surface area contributed by atoms with E-state index >= 15 is 0 Å². The highest BCUT2D eigenvalue weighted by molar-refractivity contribution is 5.95. The Balaban J connectivity index is 1.54. The SMILES string of the molecule is COC(=O)c1c(-c2ccc(Oc3ccccc3)cc2)nc2n1NCCC2c1ccccc1. The van der Waals surface area contributed by atoms with Crippen LogP contribution in [-0.4, -0.2) is 29.3 Å². The number of methoxy groups -OCH3 is 1. The van der Waals surface area contributed by atoms with Gasteiger partial charge in [0, 0.05) is 18.0 Å². The van der Waals surface area contributed by atoms with Gasteiger partial charge in [-0.2, -0.15) is 0 Å². The van der Waals surface area contributed by atoms with Gasteiger partial charge in [0.05, 0.1) is 7.11 Å². The van der Waals surface area contributed by atoms with Gasteiger partial charge in [-0.1, -0.05) is 48.5 Å². The van der Waals surface area contributed by atoms with Crippen molar-refractivity contribution in [3.63, 3.8) is 0 Å². The van der Waals surface area contributed by atoms with Gasteiger partial charge in [-0.15, -0.1) is 0 Å². The van der Waals surface area contributed by atoms with Crippen LogP contribution in [0.25, 0.3) is 11.3 Å². The van der Waals surface area contributed by atoms with Crippen LogP contribution in [0.2, 0.25) is 0 Å². The lowest BCUT2D eigenvalue weighted by molar-refractivity contribution is 0.0590. The first-order chi connectivity index (χ1) is 15.7. The zero-order valence-electron chi connectivity index (χ0n) is 17.7. The molecule has 5 rings (SSSR count). The summed E-state index contributed by atoms with van der Waals surface area (Å²) in [5.41, 5.74) is 6.30. The maximum atomic E-state index is 12.7. The lowest BCUT2D eigenvalue weighted by atomic mass is 9.94. The molecule has 1 N–H and O–H groups in total. The standard InChI is InChI=1S/C26H23N3O3/c1-31-26(30)24-23(19-12-14-21(15-13-19)32-20-10-6-3-7-11-20)28-25-22(16-17-27-29(24)25)18-8-4-2-5-9-18/h2-15,22,27H,16-17H2,1H3. The van der Waals surface area contributed by atoms with E-state index in [9.17, 15) is 4.79 Å². The maximum Gasteiger partial charge on any atom is 0.358 e. The molecule has 0 spiro atoms. The zero-order valence-corrected chi connectivity index (χ0v) is 17.7. The topological polar surface area (TPSA) is 65.4 Å². The third kappa shape index (κ3) is 3.71. The molecule has 0 aliphatic carbocycles. The first-order valence-electron chi connectivity index (χ1n) is 10.6. The smallest absolute Gasteiger partial charge is 0.358 e. The number of carbonyl (C=O) groups is 1. The number of para-hydroxylation sites is 1. The molecule has 1 atom stereocenters.